The monoisotopic (exact) mass is 350 g/mol. The second-order valence-corrected chi connectivity index (χ2v) is 4.74. The van der Waals surface area contributed by atoms with Gasteiger partial charge in [-0.15, -0.1) is 0 Å². The summed E-state index contributed by atoms with van der Waals surface area (Å²) in [4.78, 5) is 10.8. The molecular formula is C17H16F2N2O4. The molecule has 8 heteroatoms. The van der Waals surface area contributed by atoms with E-state index in [0.29, 0.717) is 17.9 Å². The Kier molecular flexibility index (Phi) is 6.27. The van der Waals surface area contributed by atoms with E-state index in [1.807, 2.05) is 0 Å². The van der Waals surface area contributed by atoms with E-state index in [1.54, 1.807) is 19.1 Å². The van der Waals surface area contributed by atoms with Crippen LogP contribution >= 0.6 is 0 Å². The number of aromatic carboxylic acids is 1. The van der Waals surface area contributed by atoms with Gasteiger partial charge < -0.3 is 14.6 Å². The fourth-order valence-corrected chi connectivity index (χ4v) is 1.98. The first-order chi connectivity index (χ1) is 12.0. The van der Waals surface area contributed by atoms with Crippen LogP contribution in [-0.4, -0.2) is 30.5 Å². The van der Waals surface area contributed by atoms with Crippen molar-refractivity contribution in [2.24, 2.45) is 5.10 Å². The van der Waals surface area contributed by atoms with Crippen molar-refractivity contribution in [3.8, 4) is 11.5 Å². The summed E-state index contributed by atoms with van der Waals surface area (Å²) in [6, 6.07) is 10.6. The Morgan fingerprint density at radius 1 is 1.28 bits per heavy atom. The van der Waals surface area contributed by atoms with E-state index in [0.717, 1.165) is 0 Å². The molecule has 0 radical (unpaired) electrons. The van der Waals surface area contributed by atoms with Crippen LogP contribution in [0.1, 0.15) is 22.8 Å². The van der Waals surface area contributed by atoms with Crippen LogP contribution in [0.3, 0.4) is 0 Å². The minimum absolute atomic E-state index is 0.105. The molecule has 0 saturated carbocycles. The van der Waals surface area contributed by atoms with Crippen LogP contribution in [0.2, 0.25) is 0 Å². The SMILES string of the molecule is CCOc1cccc(/C=N\Nc2ccc(C(=O)O)cc2)c1OC(F)F. The number of nitrogens with one attached hydrogen (secondary N) is 1. The molecule has 0 saturated heterocycles. The lowest BCUT2D eigenvalue weighted by atomic mass is 10.2. The Morgan fingerprint density at radius 2 is 2.00 bits per heavy atom. The normalized spacial score (nSPS) is 10.9. The summed E-state index contributed by atoms with van der Waals surface area (Å²) in [5.74, 6) is -0.944. The molecule has 2 aromatic carbocycles. The van der Waals surface area contributed by atoms with Crippen molar-refractivity contribution >= 4 is 17.9 Å². The van der Waals surface area contributed by atoms with Crippen molar-refractivity contribution < 1.29 is 28.2 Å². The predicted octanol–water partition coefficient (Wildman–Crippen LogP) is 3.83. The first-order valence-corrected chi connectivity index (χ1v) is 7.34. The van der Waals surface area contributed by atoms with Gasteiger partial charge in [0.15, 0.2) is 11.5 Å². The van der Waals surface area contributed by atoms with E-state index in [-0.39, 0.29) is 17.1 Å². The molecule has 0 heterocycles. The first-order valence-electron chi connectivity index (χ1n) is 7.34. The fourth-order valence-electron chi connectivity index (χ4n) is 1.98. The molecule has 0 atom stereocenters. The number of hydrogen-bond acceptors (Lipinski definition) is 5. The molecule has 0 spiro atoms. The second kappa shape index (κ2) is 8.62. The number of para-hydroxylation sites is 1. The minimum atomic E-state index is -3.00. The zero-order chi connectivity index (χ0) is 18.2. The summed E-state index contributed by atoms with van der Waals surface area (Å²) < 4.78 is 35.1. The van der Waals surface area contributed by atoms with Crippen molar-refractivity contribution in [1.82, 2.24) is 0 Å². The largest absolute Gasteiger partial charge is 0.490 e. The van der Waals surface area contributed by atoms with Gasteiger partial charge in [-0.1, -0.05) is 6.07 Å². The molecule has 0 aromatic heterocycles. The van der Waals surface area contributed by atoms with E-state index in [2.05, 4.69) is 15.3 Å². The number of carboxylic acid groups (broad SMARTS) is 1. The number of carboxylic acids is 1. The minimum Gasteiger partial charge on any atom is -0.490 e. The van der Waals surface area contributed by atoms with Gasteiger partial charge in [-0.3, -0.25) is 5.43 Å². The summed E-state index contributed by atoms with van der Waals surface area (Å²) in [6.45, 7) is -0.964. The quantitative estimate of drug-likeness (QED) is 0.559. The Morgan fingerprint density at radius 3 is 2.60 bits per heavy atom. The number of benzene rings is 2. The molecule has 0 amide bonds. The van der Waals surface area contributed by atoms with Crippen molar-refractivity contribution in [1.29, 1.82) is 0 Å². The maximum atomic E-state index is 12.6. The summed E-state index contributed by atoms with van der Waals surface area (Å²) >= 11 is 0. The van der Waals surface area contributed by atoms with Crippen LogP contribution in [0.5, 0.6) is 11.5 Å². The van der Waals surface area contributed by atoms with Crippen molar-refractivity contribution in [3.05, 3.63) is 53.6 Å². The van der Waals surface area contributed by atoms with E-state index in [4.69, 9.17) is 9.84 Å². The average molecular weight is 350 g/mol. The zero-order valence-corrected chi connectivity index (χ0v) is 13.3. The van der Waals surface area contributed by atoms with Gasteiger partial charge in [-0.25, -0.2) is 4.79 Å². The third-order valence-electron chi connectivity index (χ3n) is 3.05. The number of anilines is 1. The van der Waals surface area contributed by atoms with Gasteiger partial charge in [0, 0.05) is 5.56 Å². The number of alkyl halides is 2. The fraction of sp³-hybridized carbons (Fsp3) is 0.176. The molecule has 25 heavy (non-hydrogen) atoms. The van der Waals surface area contributed by atoms with Crippen molar-refractivity contribution in [2.75, 3.05) is 12.0 Å². The number of hydrazone groups is 1. The van der Waals surface area contributed by atoms with Crippen LogP contribution in [0, 0.1) is 0 Å². The van der Waals surface area contributed by atoms with E-state index in [9.17, 15) is 13.6 Å². The van der Waals surface area contributed by atoms with Gasteiger partial charge in [0.1, 0.15) is 0 Å². The van der Waals surface area contributed by atoms with Crippen LogP contribution in [-0.2, 0) is 0 Å². The van der Waals surface area contributed by atoms with Gasteiger partial charge >= 0.3 is 12.6 Å². The summed E-state index contributed by atoms with van der Waals surface area (Å²) in [7, 11) is 0. The highest BCUT2D eigenvalue weighted by Gasteiger charge is 2.14. The maximum absolute atomic E-state index is 12.6. The summed E-state index contributed by atoms with van der Waals surface area (Å²) in [5, 5.41) is 12.8. The van der Waals surface area contributed by atoms with E-state index in [1.165, 1.54) is 36.5 Å². The van der Waals surface area contributed by atoms with Crippen LogP contribution in [0.15, 0.2) is 47.6 Å². The molecule has 2 rings (SSSR count). The third kappa shape index (κ3) is 5.17. The summed E-state index contributed by atoms with van der Waals surface area (Å²) in [6.07, 6.45) is 1.31. The highest BCUT2D eigenvalue weighted by molar-refractivity contribution is 5.88. The molecule has 0 aliphatic rings. The van der Waals surface area contributed by atoms with Gasteiger partial charge in [0.25, 0.3) is 0 Å². The van der Waals surface area contributed by atoms with Crippen molar-refractivity contribution in [3.63, 3.8) is 0 Å². The lowest BCUT2D eigenvalue weighted by Gasteiger charge is -2.13. The lowest BCUT2D eigenvalue weighted by Crippen LogP contribution is -2.07. The highest BCUT2D eigenvalue weighted by atomic mass is 19.3. The number of hydrogen-bond donors (Lipinski definition) is 2. The summed E-state index contributed by atoms with van der Waals surface area (Å²) in [5.41, 5.74) is 3.68. The Bertz CT molecular complexity index is 749. The molecule has 6 nitrogen and oxygen atoms in total. The second-order valence-electron chi connectivity index (χ2n) is 4.74. The third-order valence-corrected chi connectivity index (χ3v) is 3.05. The van der Waals surface area contributed by atoms with Gasteiger partial charge in [-0.05, 0) is 43.3 Å². The Hall–Kier alpha value is -3.16. The smallest absolute Gasteiger partial charge is 0.387 e. The number of nitrogens with zero attached hydrogens (tertiary/aromatic N) is 1. The molecular weight excluding hydrogens is 334 g/mol. The van der Waals surface area contributed by atoms with Gasteiger partial charge in [0.05, 0.1) is 24.1 Å². The molecule has 2 aromatic rings. The maximum Gasteiger partial charge on any atom is 0.387 e. The van der Waals surface area contributed by atoms with E-state index >= 15 is 0 Å². The molecule has 132 valence electrons. The van der Waals surface area contributed by atoms with Crippen LogP contribution in [0.4, 0.5) is 14.5 Å². The van der Waals surface area contributed by atoms with Crippen LogP contribution < -0.4 is 14.9 Å². The zero-order valence-electron chi connectivity index (χ0n) is 13.3. The average Bonchev–Trinajstić information content (AvgIpc) is 2.58. The topological polar surface area (TPSA) is 80.2 Å². The molecule has 0 unspecified atom stereocenters. The van der Waals surface area contributed by atoms with Gasteiger partial charge in [0.2, 0.25) is 0 Å². The number of carbonyl (C=O) groups is 1. The number of ether oxygens (including phenoxy) is 2. The number of rotatable bonds is 8. The molecule has 0 fully saturated rings. The van der Waals surface area contributed by atoms with Crippen molar-refractivity contribution in [2.45, 2.75) is 13.5 Å². The number of halogens is 2. The molecule has 0 bridgehead atoms. The first kappa shape index (κ1) is 18.2. The standard InChI is InChI=1S/C17H16F2N2O4/c1-2-24-14-5-3-4-12(15(14)25-17(18)19)10-20-21-13-8-6-11(7-9-13)16(22)23/h3-10,17,21H,2H2,1H3,(H,22,23)/b20-10-. The van der Waals surface area contributed by atoms with Crippen LogP contribution in [0.25, 0.3) is 0 Å². The van der Waals surface area contributed by atoms with E-state index < -0.39 is 12.6 Å². The predicted molar refractivity (Wildman–Crippen MR) is 88.9 cm³/mol. The van der Waals surface area contributed by atoms with Gasteiger partial charge in [-0.2, -0.15) is 13.9 Å². The molecule has 0 aliphatic carbocycles. The molecule has 0 aliphatic heterocycles. The lowest BCUT2D eigenvalue weighted by molar-refractivity contribution is -0.0515. The highest BCUT2D eigenvalue weighted by Crippen LogP contribution is 2.31. The molecule has 2 N–H and O–H groups in total. The Labute approximate surface area is 142 Å². The Balaban J connectivity index is 2.16.